The van der Waals surface area contributed by atoms with Crippen LogP contribution in [0.5, 0.6) is 0 Å². The summed E-state index contributed by atoms with van der Waals surface area (Å²) >= 11 is 1.64. The summed E-state index contributed by atoms with van der Waals surface area (Å²) in [6.07, 6.45) is 6.98. The van der Waals surface area contributed by atoms with Crippen molar-refractivity contribution in [1.82, 2.24) is 9.78 Å². The Bertz CT molecular complexity index is 641. The van der Waals surface area contributed by atoms with Crippen LogP contribution in [0.25, 0.3) is 12.2 Å². The molecule has 0 spiro atoms. The Morgan fingerprint density at radius 2 is 2.37 bits per heavy atom. The molecule has 1 aliphatic rings. The van der Waals surface area contributed by atoms with Crippen LogP contribution in [0, 0.1) is 0 Å². The average molecular weight is 274 g/mol. The van der Waals surface area contributed by atoms with Gasteiger partial charge in [-0.2, -0.15) is 9.99 Å². The fourth-order valence-electron chi connectivity index (χ4n) is 1.57. The lowest BCUT2D eigenvalue weighted by molar-refractivity contribution is -0.230. The molecule has 3 heterocycles. The van der Waals surface area contributed by atoms with Crippen LogP contribution in [0.15, 0.2) is 41.6 Å². The van der Waals surface area contributed by atoms with Gasteiger partial charge in [0.25, 0.3) is 0 Å². The van der Waals surface area contributed by atoms with Gasteiger partial charge < -0.3 is 4.89 Å². The molecule has 96 valence electrons. The third kappa shape index (κ3) is 2.64. The Labute approximate surface area is 113 Å². The van der Waals surface area contributed by atoms with E-state index >= 15 is 0 Å². The quantitative estimate of drug-likeness (QED) is 0.807. The van der Waals surface area contributed by atoms with Gasteiger partial charge in [-0.05, 0) is 35.7 Å². The second-order valence-electron chi connectivity index (χ2n) is 3.78. The summed E-state index contributed by atoms with van der Waals surface area (Å²) in [6.45, 7) is 0.285. The number of carbonyl (C=O) groups excluding carboxylic acids is 1. The van der Waals surface area contributed by atoms with Crippen molar-refractivity contribution in [3.63, 3.8) is 0 Å². The molecular weight excluding hydrogens is 264 g/mol. The third-order valence-electron chi connectivity index (χ3n) is 2.48. The minimum absolute atomic E-state index is 0.164. The number of allylic oxidation sites excluding steroid dienone is 1. The number of hydrogen-bond donors (Lipinski definition) is 0. The molecule has 0 N–H and O–H groups in total. The molecule has 0 aliphatic carbocycles. The predicted molar refractivity (Wildman–Crippen MR) is 71.2 cm³/mol. The second kappa shape index (κ2) is 5.21. The zero-order valence-electron chi connectivity index (χ0n) is 9.85. The van der Waals surface area contributed by atoms with Gasteiger partial charge >= 0.3 is 5.91 Å². The summed E-state index contributed by atoms with van der Waals surface area (Å²) in [4.78, 5) is 22.4. The van der Waals surface area contributed by atoms with Gasteiger partial charge in [0.2, 0.25) is 5.76 Å². The van der Waals surface area contributed by atoms with Crippen LogP contribution in [0.2, 0.25) is 0 Å². The summed E-state index contributed by atoms with van der Waals surface area (Å²) in [5, 5.41) is 6.17. The van der Waals surface area contributed by atoms with E-state index in [1.54, 1.807) is 29.7 Å². The van der Waals surface area contributed by atoms with Crippen molar-refractivity contribution in [3.05, 3.63) is 52.2 Å². The van der Waals surface area contributed by atoms with E-state index < -0.39 is 0 Å². The maximum absolute atomic E-state index is 11.9. The topological polar surface area (TPSA) is 53.4 Å². The second-order valence-corrected chi connectivity index (χ2v) is 4.75. The first kappa shape index (κ1) is 11.9. The van der Waals surface area contributed by atoms with E-state index in [9.17, 15) is 4.79 Å². The standard InChI is InChI=1S/C13H10N2O3S/c16-13(12-6-8-17-18-12)15-7-5-10(14-15)3-4-11-2-1-9-19-11/h1-7,9H,8H2. The highest BCUT2D eigenvalue weighted by Gasteiger charge is 2.19. The fraction of sp³-hybridized carbons (Fsp3) is 0.0769. The molecule has 0 fully saturated rings. The van der Waals surface area contributed by atoms with Crippen LogP contribution >= 0.6 is 11.3 Å². The van der Waals surface area contributed by atoms with Crippen molar-refractivity contribution in [2.24, 2.45) is 0 Å². The zero-order valence-corrected chi connectivity index (χ0v) is 10.7. The first-order chi connectivity index (χ1) is 9.33. The Hall–Kier alpha value is -2.18. The third-order valence-corrected chi connectivity index (χ3v) is 3.31. The van der Waals surface area contributed by atoms with Crippen LogP contribution < -0.4 is 0 Å². The van der Waals surface area contributed by atoms with Crippen LogP contribution in [-0.2, 0) is 9.78 Å². The smallest absolute Gasteiger partial charge is 0.317 e. The van der Waals surface area contributed by atoms with Crippen molar-refractivity contribution in [1.29, 1.82) is 0 Å². The van der Waals surface area contributed by atoms with E-state index in [1.165, 1.54) is 4.68 Å². The maximum Gasteiger partial charge on any atom is 0.317 e. The molecule has 0 saturated carbocycles. The summed E-state index contributed by atoms with van der Waals surface area (Å²) < 4.78 is 1.23. The molecular formula is C13H10N2O3S. The number of carbonyl (C=O) groups is 1. The fourth-order valence-corrected chi connectivity index (χ4v) is 2.19. The van der Waals surface area contributed by atoms with E-state index in [-0.39, 0.29) is 18.3 Å². The molecule has 2 aromatic rings. The predicted octanol–water partition coefficient (Wildman–Crippen LogP) is 2.60. The molecule has 0 aromatic carbocycles. The van der Waals surface area contributed by atoms with Crippen molar-refractivity contribution in [3.8, 4) is 0 Å². The maximum atomic E-state index is 11.9. The molecule has 0 radical (unpaired) electrons. The molecule has 5 nitrogen and oxygen atoms in total. The molecule has 6 heteroatoms. The first-order valence-corrected chi connectivity index (χ1v) is 6.52. The lowest BCUT2D eigenvalue weighted by Crippen LogP contribution is -2.14. The minimum Gasteiger partial charge on any atom is -0.331 e. The van der Waals surface area contributed by atoms with Gasteiger partial charge in [0.1, 0.15) is 6.61 Å². The van der Waals surface area contributed by atoms with Gasteiger partial charge in [0, 0.05) is 11.1 Å². The molecule has 0 unspecified atom stereocenters. The van der Waals surface area contributed by atoms with E-state index in [4.69, 9.17) is 4.89 Å². The van der Waals surface area contributed by atoms with E-state index in [2.05, 4.69) is 9.99 Å². The number of thiophene rings is 1. The summed E-state index contributed by atoms with van der Waals surface area (Å²) in [5.74, 6) is -0.176. The van der Waals surface area contributed by atoms with Gasteiger partial charge in [0.05, 0.1) is 5.69 Å². The largest absolute Gasteiger partial charge is 0.331 e. The van der Waals surface area contributed by atoms with Crippen LogP contribution in [-0.4, -0.2) is 22.3 Å². The SMILES string of the molecule is O=C(C1=CCOO1)n1ccc(C=Cc2cccs2)n1. The molecule has 3 rings (SSSR count). The number of nitrogens with zero attached hydrogens (tertiary/aromatic N) is 2. The molecule has 0 bridgehead atoms. The summed E-state index contributed by atoms with van der Waals surface area (Å²) in [5.41, 5.74) is 0.710. The molecule has 0 atom stereocenters. The summed E-state index contributed by atoms with van der Waals surface area (Å²) in [6, 6.07) is 5.76. The Balaban J connectivity index is 1.74. The highest BCUT2D eigenvalue weighted by Crippen LogP contribution is 2.13. The van der Waals surface area contributed by atoms with Crippen molar-refractivity contribution >= 4 is 29.4 Å². The van der Waals surface area contributed by atoms with Gasteiger partial charge in [-0.15, -0.1) is 11.3 Å². The number of hydrogen-bond acceptors (Lipinski definition) is 5. The molecule has 1 aliphatic heterocycles. The number of aromatic nitrogens is 2. The van der Waals surface area contributed by atoms with Crippen molar-refractivity contribution in [2.75, 3.05) is 6.61 Å². The van der Waals surface area contributed by atoms with Gasteiger partial charge in [0.15, 0.2) is 0 Å². The Kier molecular flexibility index (Phi) is 3.26. The highest BCUT2D eigenvalue weighted by atomic mass is 32.1. The number of rotatable bonds is 3. The average Bonchev–Trinajstić information content (AvgIpc) is 3.16. The van der Waals surface area contributed by atoms with Gasteiger partial charge in [-0.1, -0.05) is 6.07 Å². The Morgan fingerprint density at radius 1 is 1.42 bits per heavy atom. The lowest BCUT2D eigenvalue weighted by Gasteiger charge is -1.99. The monoisotopic (exact) mass is 274 g/mol. The zero-order chi connectivity index (χ0) is 13.1. The van der Waals surface area contributed by atoms with Gasteiger partial charge in [-0.3, -0.25) is 4.79 Å². The minimum atomic E-state index is -0.340. The van der Waals surface area contributed by atoms with E-state index in [1.807, 2.05) is 29.7 Å². The van der Waals surface area contributed by atoms with Crippen LogP contribution in [0.4, 0.5) is 0 Å². The normalized spacial score (nSPS) is 14.6. The molecule has 0 saturated heterocycles. The summed E-state index contributed by atoms with van der Waals surface area (Å²) in [7, 11) is 0. The van der Waals surface area contributed by atoms with Crippen molar-refractivity contribution in [2.45, 2.75) is 0 Å². The Morgan fingerprint density at radius 3 is 3.11 bits per heavy atom. The van der Waals surface area contributed by atoms with Gasteiger partial charge in [-0.25, -0.2) is 4.68 Å². The van der Waals surface area contributed by atoms with Crippen LogP contribution in [0.3, 0.4) is 0 Å². The van der Waals surface area contributed by atoms with E-state index in [0.29, 0.717) is 5.69 Å². The van der Waals surface area contributed by atoms with Crippen LogP contribution in [0.1, 0.15) is 15.4 Å². The molecule has 2 aromatic heterocycles. The lowest BCUT2D eigenvalue weighted by atomic mass is 10.3. The molecule has 19 heavy (non-hydrogen) atoms. The van der Waals surface area contributed by atoms with E-state index in [0.717, 1.165) is 4.88 Å². The highest BCUT2D eigenvalue weighted by molar-refractivity contribution is 7.10. The molecule has 0 amide bonds. The first-order valence-electron chi connectivity index (χ1n) is 5.64. The van der Waals surface area contributed by atoms with Crippen molar-refractivity contribution < 1.29 is 14.6 Å².